The van der Waals surface area contributed by atoms with Crippen molar-refractivity contribution in [3.63, 3.8) is 0 Å². The molecular formula is C22H34N4O2. The second-order valence-corrected chi connectivity index (χ2v) is 8.37. The van der Waals surface area contributed by atoms with Crippen molar-refractivity contribution in [3.05, 3.63) is 24.2 Å². The first-order valence-corrected chi connectivity index (χ1v) is 10.6. The molecule has 2 heterocycles. The number of methoxy groups -OCH3 is 1. The highest BCUT2D eigenvalue weighted by Crippen LogP contribution is 2.31. The number of amides is 1. The molecule has 6 heteroatoms. The van der Waals surface area contributed by atoms with Crippen molar-refractivity contribution < 1.29 is 9.53 Å². The summed E-state index contributed by atoms with van der Waals surface area (Å²) in [5.41, 5.74) is 1.76. The number of pyridine rings is 1. The fourth-order valence-corrected chi connectivity index (χ4v) is 4.24. The lowest BCUT2D eigenvalue weighted by atomic mass is 9.86. The van der Waals surface area contributed by atoms with Gasteiger partial charge in [0.05, 0.1) is 12.1 Å². The first kappa shape index (κ1) is 20.8. The van der Waals surface area contributed by atoms with E-state index in [1.54, 1.807) is 13.3 Å². The molecule has 0 spiro atoms. The minimum Gasteiger partial charge on any atom is -0.381 e. The van der Waals surface area contributed by atoms with Crippen LogP contribution in [0.15, 0.2) is 18.3 Å². The molecule has 1 amide bonds. The van der Waals surface area contributed by atoms with Crippen LogP contribution in [0, 0.1) is 11.8 Å². The zero-order chi connectivity index (χ0) is 20.3. The second-order valence-electron chi connectivity index (χ2n) is 8.37. The monoisotopic (exact) mass is 386 g/mol. The van der Waals surface area contributed by atoms with E-state index in [4.69, 9.17) is 9.72 Å². The number of fused-ring (bicyclic) bond motifs is 1. The Hall–Kier alpha value is -1.95. The summed E-state index contributed by atoms with van der Waals surface area (Å²) in [6, 6.07) is 3.99. The molecule has 28 heavy (non-hydrogen) atoms. The lowest BCUT2D eigenvalue weighted by molar-refractivity contribution is -0.128. The van der Waals surface area contributed by atoms with E-state index in [2.05, 4.69) is 42.6 Å². The molecule has 1 fully saturated rings. The van der Waals surface area contributed by atoms with Gasteiger partial charge in [-0.25, -0.2) is 9.97 Å². The maximum absolute atomic E-state index is 13.1. The number of rotatable bonds is 7. The van der Waals surface area contributed by atoms with Crippen LogP contribution >= 0.6 is 0 Å². The molecule has 154 valence electrons. The van der Waals surface area contributed by atoms with Crippen LogP contribution in [0.1, 0.15) is 77.7 Å². The summed E-state index contributed by atoms with van der Waals surface area (Å²) in [6.45, 7) is 8.62. The number of hydrogen-bond donors (Lipinski definition) is 1. The third-order valence-corrected chi connectivity index (χ3v) is 6.11. The predicted molar refractivity (Wildman–Crippen MR) is 111 cm³/mol. The molecule has 0 aliphatic heterocycles. The SMILES string of the molecule is CC[C@@H](C)[C@H](NC(=O)[C@@H]1CCC[C@H](OC)C1)c1nc2cccnc2n1C(C)C. The first-order chi connectivity index (χ1) is 13.5. The molecule has 0 saturated heterocycles. The Morgan fingerprint density at radius 3 is 2.82 bits per heavy atom. The van der Waals surface area contributed by atoms with Crippen LogP contribution < -0.4 is 5.32 Å². The molecular weight excluding hydrogens is 352 g/mol. The zero-order valence-corrected chi connectivity index (χ0v) is 17.8. The normalized spacial score (nSPS) is 22.4. The van der Waals surface area contributed by atoms with Crippen LogP contribution in [-0.4, -0.2) is 33.7 Å². The quantitative estimate of drug-likeness (QED) is 0.765. The summed E-state index contributed by atoms with van der Waals surface area (Å²) in [7, 11) is 1.74. The molecule has 1 aliphatic carbocycles. The smallest absolute Gasteiger partial charge is 0.223 e. The third-order valence-electron chi connectivity index (χ3n) is 6.11. The summed E-state index contributed by atoms with van der Waals surface area (Å²) >= 11 is 0. The van der Waals surface area contributed by atoms with Crippen molar-refractivity contribution in [1.29, 1.82) is 0 Å². The predicted octanol–water partition coefficient (Wildman–Crippen LogP) is 4.42. The molecule has 2 aromatic heterocycles. The Morgan fingerprint density at radius 2 is 2.14 bits per heavy atom. The number of imidazole rings is 1. The number of nitrogens with zero attached hydrogens (tertiary/aromatic N) is 3. The van der Waals surface area contributed by atoms with Crippen LogP contribution in [0.25, 0.3) is 11.2 Å². The maximum Gasteiger partial charge on any atom is 0.223 e. The molecule has 1 aliphatic rings. The summed E-state index contributed by atoms with van der Waals surface area (Å²) in [5.74, 6) is 1.33. The van der Waals surface area contributed by atoms with Gasteiger partial charge in [0.25, 0.3) is 0 Å². The Morgan fingerprint density at radius 1 is 1.36 bits per heavy atom. The number of carbonyl (C=O) groups is 1. The molecule has 0 aromatic carbocycles. The Labute approximate surface area is 168 Å². The molecule has 1 N–H and O–H groups in total. The van der Waals surface area contributed by atoms with Crippen molar-refractivity contribution >= 4 is 17.1 Å². The van der Waals surface area contributed by atoms with Gasteiger partial charge >= 0.3 is 0 Å². The molecule has 2 aromatic rings. The minimum atomic E-state index is -0.128. The number of aromatic nitrogens is 3. The topological polar surface area (TPSA) is 69.0 Å². The lowest BCUT2D eigenvalue weighted by Gasteiger charge is -2.31. The summed E-state index contributed by atoms with van der Waals surface area (Å²) in [5, 5.41) is 3.35. The van der Waals surface area contributed by atoms with Crippen molar-refractivity contribution in [1.82, 2.24) is 19.9 Å². The third kappa shape index (κ3) is 4.22. The number of ether oxygens (including phenoxy) is 1. The summed E-state index contributed by atoms with van der Waals surface area (Å²) < 4.78 is 7.69. The average Bonchev–Trinajstić information content (AvgIpc) is 3.10. The maximum atomic E-state index is 13.1. The van der Waals surface area contributed by atoms with Crippen molar-refractivity contribution in [2.24, 2.45) is 11.8 Å². The van der Waals surface area contributed by atoms with Gasteiger partial charge in [0, 0.05) is 25.3 Å². The van der Waals surface area contributed by atoms with Gasteiger partial charge in [-0.15, -0.1) is 0 Å². The van der Waals surface area contributed by atoms with E-state index < -0.39 is 0 Å². The van der Waals surface area contributed by atoms with Gasteiger partial charge in [-0.2, -0.15) is 0 Å². The molecule has 1 saturated carbocycles. The highest BCUT2D eigenvalue weighted by molar-refractivity contribution is 5.79. The van der Waals surface area contributed by atoms with Gasteiger partial charge in [0.15, 0.2) is 5.65 Å². The largest absolute Gasteiger partial charge is 0.381 e. The second kappa shape index (κ2) is 9.03. The molecule has 0 radical (unpaired) electrons. The van der Waals surface area contributed by atoms with Crippen LogP contribution in [0.2, 0.25) is 0 Å². The molecule has 0 bridgehead atoms. The van der Waals surface area contributed by atoms with Gasteiger partial charge in [0.2, 0.25) is 5.91 Å². The van der Waals surface area contributed by atoms with Gasteiger partial charge in [-0.3, -0.25) is 4.79 Å². The van der Waals surface area contributed by atoms with Crippen molar-refractivity contribution in [2.75, 3.05) is 7.11 Å². The van der Waals surface area contributed by atoms with Crippen LogP contribution in [0.5, 0.6) is 0 Å². The lowest BCUT2D eigenvalue weighted by Crippen LogP contribution is -2.40. The fourth-order valence-electron chi connectivity index (χ4n) is 4.24. The van der Waals surface area contributed by atoms with E-state index >= 15 is 0 Å². The van der Waals surface area contributed by atoms with Crippen molar-refractivity contribution in [2.45, 2.75) is 78.0 Å². The summed E-state index contributed by atoms with van der Waals surface area (Å²) in [4.78, 5) is 22.6. The molecule has 3 rings (SSSR count). The Bertz CT molecular complexity index is 801. The Balaban J connectivity index is 1.92. The van der Waals surface area contributed by atoms with Crippen LogP contribution in [0.4, 0.5) is 0 Å². The van der Waals surface area contributed by atoms with Gasteiger partial charge in [-0.05, 0) is 51.2 Å². The van der Waals surface area contributed by atoms with E-state index in [0.29, 0.717) is 0 Å². The van der Waals surface area contributed by atoms with E-state index in [-0.39, 0.29) is 35.9 Å². The highest BCUT2D eigenvalue weighted by atomic mass is 16.5. The molecule has 6 nitrogen and oxygen atoms in total. The van der Waals surface area contributed by atoms with Crippen molar-refractivity contribution in [3.8, 4) is 0 Å². The van der Waals surface area contributed by atoms with E-state index in [9.17, 15) is 4.79 Å². The van der Waals surface area contributed by atoms with Gasteiger partial charge in [-0.1, -0.05) is 26.7 Å². The minimum absolute atomic E-state index is 0.0141. The van der Waals surface area contributed by atoms with Gasteiger partial charge < -0.3 is 14.6 Å². The molecule has 0 unspecified atom stereocenters. The highest BCUT2D eigenvalue weighted by Gasteiger charge is 2.32. The first-order valence-electron chi connectivity index (χ1n) is 10.6. The standard InChI is InChI=1S/C22H34N4O2/c1-6-15(4)19(25-22(27)16-9-7-10-17(13-16)28-5)21-24-18-11-8-12-23-20(18)26(21)14(2)3/h8,11-12,14-17,19H,6-7,9-10,13H2,1-5H3,(H,25,27)/t15-,16-,17+,19+/m1/s1. The fraction of sp³-hybridized carbons (Fsp3) is 0.682. The number of hydrogen-bond acceptors (Lipinski definition) is 4. The van der Waals surface area contributed by atoms with Gasteiger partial charge in [0.1, 0.15) is 11.3 Å². The summed E-state index contributed by atoms with van der Waals surface area (Å²) in [6.07, 6.45) is 6.78. The van der Waals surface area contributed by atoms with E-state index in [1.165, 1.54) is 0 Å². The Kier molecular flexibility index (Phi) is 6.70. The van der Waals surface area contributed by atoms with Crippen LogP contribution in [-0.2, 0) is 9.53 Å². The van der Waals surface area contributed by atoms with E-state index in [1.807, 2.05) is 12.1 Å². The number of carbonyl (C=O) groups excluding carboxylic acids is 1. The molecule has 4 atom stereocenters. The average molecular weight is 387 g/mol. The zero-order valence-electron chi connectivity index (χ0n) is 17.8. The number of nitrogens with one attached hydrogen (secondary N) is 1. The van der Waals surface area contributed by atoms with Crippen LogP contribution in [0.3, 0.4) is 0 Å². The van der Waals surface area contributed by atoms with E-state index in [0.717, 1.165) is 49.1 Å².